The third-order valence-electron chi connectivity index (χ3n) is 4.07. The Bertz CT molecular complexity index is 1320. The molecule has 11 heteroatoms. The maximum atomic E-state index is 12.6. The number of hydrogen-bond acceptors (Lipinski definition) is 8. The maximum absolute atomic E-state index is 12.6. The maximum Gasteiger partial charge on any atom is 0.335 e. The fourth-order valence-electron chi connectivity index (χ4n) is 2.70. The number of nitrogens with zero attached hydrogens (tertiary/aromatic N) is 4. The van der Waals surface area contributed by atoms with Crippen LogP contribution in [0.3, 0.4) is 0 Å². The molecule has 0 saturated heterocycles. The van der Waals surface area contributed by atoms with Crippen molar-refractivity contribution in [1.82, 2.24) is 9.55 Å². The first-order chi connectivity index (χ1) is 14.0. The lowest BCUT2D eigenvalue weighted by molar-refractivity contribution is -0.384. The van der Waals surface area contributed by atoms with E-state index in [1.165, 1.54) is 29.9 Å². The minimum absolute atomic E-state index is 0.147. The number of aromatic nitrogens is 2. The Hall–Kier alpha value is -3.86. The Balaban J connectivity index is 1.86. The van der Waals surface area contributed by atoms with E-state index in [4.69, 9.17) is 4.42 Å². The van der Waals surface area contributed by atoms with Gasteiger partial charge in [-0.1, -0.05) is 23.5 Å². The van der Waals surface area contributed by atoms with Crippen LogP contribution >= 0.6 is 11.3 Å². The van der Waals surface area contributed by atoms with Gasteiger partial charge in [0.05, 0.1) is 22.2 Å². The van der Waals surface area contributed by atoms with Crippen molar-refractivity contribution in [1.29, 1.82) is 0 Å². The molecule has 0 aliphatic rings. The second kappa shape index (κ2) is 7.28. The molecule has 2 aromatic heterocycles. The summed E-state index contributed by atoms with van der Waals surface area (Å²) in [7, 11) is 1.22. The van der Waals surface area contributed by atoms with Crippen LogP contribution in [0.4, 0.5) is 5.69 Å². The minimum Gasteiger partial charge on any atom is -0.468 e. The molecule has 4 rings (SSSR count). The average Bonchev–Trinajstić information content (AvgIpc) is 3.29. The molecule has 0 saturated carbocycles. The van der Waals surface area contributed by atoms with Crippen LogP contribution in [0.25, 0.3) is 21.3 Å². The standard InChI is InChI=1S/C18H12N4O6S/c1-27-15(23)9-21-12-8-10(22(25)26)6-7-14(12)29-18(21)20-16(24)17-19-11-4-2-3-5-13(11)28-17/h2-8H,9H2,1H3. The Morgan fingerprint density at radius 3 is 2.83 bits per heavy atom. The highest BCUT2D eigenvalue weighted by molar-refractivity contribution is 7.16. The van der Waals surface area contributed by atoms with Gasteiger partial charge < -0.3 is 13.7 Å². The van der Waals surface area contributed by atoms with E-state index in [1.807, 2.05) is 0 Å². The van der Waals surface area contributed by atoms with Crippen LogP contribution in [0.15, 0.2) is 51.9 Å². The van der Waals surface area contributed by atoms with Gasteiger partial charge in [-0.2, -0.15) is 4.99 Å². The highest BCUT2D eigenvalue weighted by Crippen LogP contribution is 2.23. The van der Waals surface area contributed by atoms with Crippen molar-refractivity contribution in [3.8, 4) is 0 Å². The van der Waals surface area contributed by atoms with E-state index in [1.54, 1.807) is 24.3 Å². The summed E-state index contributed by atoms with van der Waals surface area (Å²) in [6, 6.07) is 11.1. The molecule has 10 nitrogen and oxygen atoms in total. The number of fused-ring (bicyclic) bond motifs is 2. The van der Waals surface area contributed by atoms with Gasteiger partial charge in [-0.05, 0) is 18.2 Å². The number of carbonyl (C=O) groups is 2. The van der Waals surface area contributed by atoms with E-state index in [0.29, 0.717) is 21.3 Å². The summed E-state index contributed by atoms with van der Waals surface area (Å²) in [5.74, 6) is -1.52. The van der Waals surface area contributed by atoms with E-state index in [2.05, 4.69) is 14.7 Å². The monoisotopic (exact) mass is 412 g/mol. The summed E-state index contributed by atoms with van der Waals surface area (Å²) in [6.07, 6.45) is 0. The van der Waals surface area contributed by atoms with Gasteiger partial charge in [-0.25, -0.2) is 4.98 Å². The number of para-hydroxylation sites is 2. The molecule has 4 aromatic rings. The lowest BCUT2D eigenvalue weighted by Gasteiger charge is -2.03. The third-order valence-corrected chi connectivity index (χ3v) is 5.12. The molecule has 0 aliphatic heterocycles. The van der Waals surface area contributed by atoms with Gasteiger partial charge >= 0.3 is 11.9 Å². The number of esters is 1. The highest BCUT2D eigenvalue weighted by Gasteiger charge is 2.18. The summed E-state index contributed by atoms with van der Waals surface area (Å²) < 4.78 is 12.1. The molecule has 0 unspecified atom stereocenters. The molecule has 0 N–H and O–H groups in total. The van der Waals surface area contributed by atoms with E-state index < -0.39 is 16.8 Å². The summed E-state index contributed by atoms with van der Waals surface area (Å²) in [4.78, 5) is 43.3. The number of nitro benzene ring substituents is 1. The first-order valence-corrected chi connectivity index (χ1v) is 9.07. The van der Waals surface area contributed by atoms with Crippen LogP contribution in [0.5, 0.6) is 0 Å². The molecule has 2 heterocycles. The topological polar surface area (TPSA) is 130 Å². The van der Waals surface area contributed by atoms with Gasteiger partial charge in [0.1, 0.15) is 12.1 Å². The SMILES string of the molecule is COC(=O)Cn1c(=NC(=O)c2nc3ccccc3o2)sc2ccc([N+](=O)[O-])cc21. The van der Waals surface area contributed by atoms with Crippen LogP contribution in [0, 0.1) is 10.1 Å². The minimum atomic E-state index is -0.735. The quantitative estimate of drug-likeness (QED) is 0.286. The van der Waals surface area contributed by atoms with E-state index in [9.17, 15) is 19.7 Å². The van der Waals surface area contributed by atoms with Crippen molar-refractivity contribution < 1.29 is 23.7 Å². The van der Waals surface area contributed by atoms with Gasteiger partial charge in [-0.15, -0.1) is 0 Å². The van der Waals surface area contributed by atoms with Crippen LogP contribution in [-0.2, 0) is 16.1 Å². The Kier molecular flexibility index (Phi) is 4.64. The smallest absolute Gasteiger partial charge is 0.335 e. The zero-order chi connectivity index (χ0) is 20.5. The number of amides is 1. The molecular weight excluding hydrogens is 400 g/mol. The van der Waals surface area contributed by atoms with Gasteiger partial charge in [-0.3, -0.25) is 19.7 Å². The molecule has 0 aliphatic carbocycles. The normalized spacial score (nSPS) is 11.8. The number of rotatable bonds is 4. The van der Waals surface area contributed by atoms with Crippen molar-refractivity contribution in [2.75, 3.05) is 7.11 Å². The third kappa shape index (κ3) is 3.50. The van der Waals surface area contributed by atoms with E-state index >= 15 is 0 Å². The van der Waals surface area contributed by atoms with Crippen LogP contribution in [0.2, 0.25) is 0 Å². The van der Waals surface area contributed by atoms with Crippen molar-refractivity contribution in [2.45, 2.75) is 6.54 Å². The molecule has 2 aromatic carbocycles. The van der Waals surface area contributed by atoms with Crippen LogP contribution < -0.4 is 4.80 Å². The van der Waals surface area contributed by atoms with Crippen molar-refractivity contribution >= 4 is 50.2 Å². The fourth-order valence-corrected chi connectivity index (χ4v) is 3.71. The van der Waals surface area contributed by atoms with Gasteiger partial charge in [0, 0.05) is 12.1 Å². The molecule has 146 valence electrons. The lowest BCUT2D eigenvalue weighted by atomic mass is 10.3. The molecule has 0 spiro atoms. The Morgan fingerprint density at radius 1 is 1.31 bits per heavy atom. The number of ether oxygens (including phenoxy) is 1. The molecule has 0 bridgehead atoms. The zero-order valence-electron chi connectivity index (χ0n) is 14.9. The number of hydrogen-bond donors (Lipinski definition) is 0. The fraction of sp³-hybridized carbons (Fsp3) is 0.111. The van der Waals surface area contributed by atoms with E-state index in [-0.39, 0.29) is 22.9 Å². The molecule has 0 fully saturated rings. The zero-order valence-corrected chi connectivity index (χ0v) is 15.7. The van der Waals surface area contributed by atoms with Gasteiger partial charge in [0.25, 0.3) is 11.6 Å². The summed E-state index contributed by atoms with van der Waals surface area (Å²) in [6.45, 7) is -0.267. The molecule has 0 radical (unpaired) electrons. The number of oxazole rings is 1. The molecule has 1 amide bonds. The number of non-ortho nitro benzene ring substituents is 1. The average molecular weight is 412 g/mol. The second-order valence-electron chi connectivity index (χ2n) is 5.86. The van der Waals surface area contributed by atoms with Crippen molar-refractivity contribution in [3.63, 3.8) is 0 Å². The summed E-state index contributed by atoms with van der Waals surface area (Å²) in [5.41, 5.74) is 1.20. The first-order valence-electron chi connectivity index (χ1n) is 8.25. The van der Waals surface area contributed by atoms with E-state index in [0.717, 1.165) is 11.3 Å². The second-order valence-corrected chi connectivity index (χ2v) is 6.87. The number of methoxy groups -OCH3 is 1. The molecular formula is C18H12N4O6S. The summed E-state index contributed by atoms with van der Waals surface area (Å²) in [5, 5.41) is 11.1. The largest absolute Gasteiger partial charge is 0.468 e. The number of nitro groups is 1. The van der Waals surface area contributed by atoms with Crippen molar-refractivity contribution in [3.05, 3.63) is 63.3 Å². The first kappa shape index (κ1) is 18.5. The molecule has 0 atom stereocenters. The number of benzene rings is 2. The predicted octanol–water partition coefficient (Wildman–Crippen LogP) is 2.67. The molecule has 29 heavy (non-hydrogen) atoms. The van der Waals surface area contributed by atoms with Gasteiger partial charge in [0.2, 0.25) is 0 Å². The predicted molar refractivity (Wildman–Crippen MR) is 102 cm³/mol. The number of thiazole rings is 1. The Labute approximate surface area is 165 Å². The Morgan fingerprint density at radius 2 is 2.10 bits per heavy atom. The van der Waals surface area contributed by atoms with Crippen molar-refractivity contribution in [2.24, 2.45) is 4.99 Å². The van der Waals surface area contributed by atoms with Crippen LogP contribution in [-0.4, -0.2) is 33.5 Å². The lowest BCUT2D eigenvalue weighted by Crippen LogP contribution is -2.22. The number of carbonyl (C=O) groups excluding carboxylic acids is 2. The van der Waals surface area contributed by atoms with Crippen LogP contribution in [0.1, 0.15) is 10.7 Å². The highest BCUT2D eigenvalue weighted by atomic mass is 32.1. The van der Waals surface area contributed by atoms with Gasteiger partial charge in [0.15, 0.2) is 10.4 Å². The summed E-state index contributed by atoms with van der Waals surface area (Å²) >= 11 is 1.10.